The van der Waals surface area contributed by atoms with Crippen LogP contribution >= 0.6 is 0 Å². The van der Waals surface area contributed by atoms with Crippen molar-refractivity contribution < 1.29 is 18.0 Å². The van der Waals surface area contributed by atoms with Gasteiger partial charge in [-0.2, -0.15) is 18.3 Å². The number of alkyl halides is 3. The van der Waals surface area contributed by atoms with Gasteiger partial charge in [-0.3, -0.25) is 9.59 Å². The summed E-state index contributed by atoms with van der Waals surface area (Å²) >= 11 is 0. The molecule has 0 N–H and O–H groups in total. The Balaban J connectivity index is 1.78. The first-order valence-corrected chi connectivity index (χ1v) is 10.8. The maximum Gasteiger partial charge on any atom is 0.416 e. The lowest BCUT2D eigenvalue weighted by atomic mass is 9.98. The molecule has 2 aromatic carbocycles. The predicted molar refractivity (Wildman–Crippen MR) is 117 cm³/mol. The Kier molecular flexibility index (Phi) is 6.04. The zero-order chi connectivity index (χ0) is 22.9. The highest BCUT2D eigenvalue weighted by atomic mass is 19.4. The van der Waals surface area contributed by atoms with Gasteiger partial charge >= 0.3 is 6.18 Å². The zero-order valence-electron chi connectivity index (χ0n) is 17.8. The van der Waals surface area contributed by atoms with Crippen molar-refractivity contribution in [3.63, 3.8) is 0 Å². The van der Waals surface area contributed by atoms with E-state index in [1.165, 1.54) is 15.6 Å². The molecule has 0 aliphatic carbocycles. The summed E-state index contributed by atoms with van der Waals surface area (Å²) in [7, 11) is 0. The third-order valence-electron chi connectivity index (χ3n) is 5.81. The van der Waals surface area contributed by atoms with Gasteiger partial charge in [-0.05, 0) is 49.1 Å². The van der Waals surface area contributed by atoms with E-state index in [4.69, 9.17) is 0 Å². The van der Waals surface area contributed by atoms with Gasteiger partial charge in [0.15, 0.2) is 5.69 Å². The van der Waals surface area contributed by atoms with Crippen LogP contribution in [0.5, 0.6) is 0 Å². The second-order valence-corrected chi connectivity index (χ2v) is 8.03. The highest BCUT2D eigenvalue weighted by molar-refractivity contribution is 6.12. The van der Waals surface area contributed by atoms with E-state index in [-0.39, 0.29) is 11.3 Å². The van der Waals surface area contributed by atoms with Gasteiger partial charge in [0.25, 0.3) is 11.5 Å². The molecule has 1 aliphatic heterocycles. The second kappa shape index (κ2) is 8.76. The fourth-order valence-corrected chi connectivity index (χ4v) is 4.17. The van der Waals surface area contributed by atoms with Crippen LogP contribution in [-0.4, -0.2) is 22.2 Å². The predicted octanol–water partition coefficient (Wildman–Crippen LogP) is 5.20. The number of unbranched alkanes of at least 4 members (excludes halogenated alkanes) is 2. The summed E-state index contributed by atoms with van der Waals surface area (Å²) in [6, 6.07) is 10.3. The van der Waals surface area contributed by atoms with Gasteiger partial charge in [0.1, 0.15) is 0 Å². The molecule has 0 unspecified atom stereocenters. The first kappa shape index (κ1) is 22.0. The molecule has 1 aliphatic rings. The number of halogens is 3. The third kappa shape index (κ3) is 4.13. The van der Waals surface area contributed by atoms with Crippen molar-refractivity contribution in [2.45, 2.75) is 51.7 Å². The monoisotopic (exact) mass is 443 g/mol. The van der Waals surface area contributed by atoms with Gasteiger partial charge in [0.05, 0.1) is 10.9 Å². The quantitative estimate of drug-likeness (QED) is 0.510. The van der Waals surface area contributed by atoms with Crippen LogP contribution in [0.25, 0.3) is 10.8 Å². The Hall–Kier alpha value is -3.16. The molecule has 3 aromatic rings. The average Bonchev–Trinajstić information content (AvgIpc) is 2.79. The number of fused-ring (bicyclic) bond motifs is 2. The van der Waals surface area contributed by atoms with Crippen molar-refractivity contribution in [2.75, 3.05) is 11.4 Å². The molecule has 2 heterocycles. The molecule has 8 heteroatoms. The number of carbonyl (C=O) groups is 1. The minimum Gasteiger partial charge on any atom is -0.307 e. The molecule has 0 bridgehead atoms. The van der Waals surface area contributed by atoms with Crippen molar-refractivity contribution in [3.8, 4) is 0 Å². The fourth-order valence-electron chi connectivity index (χ4n) is 4.17. The molecule has 4 rings (SSSR count). The molecule has 0 atom stereocenters. The van der Waals surface area contributed by atoms with Crippen LogP contribution in [0.3, 0.4) is 0 Å². The maximum absolute atomic E-state index is 13.6. The van der Waals surface area contributed by atoms with E-state index >= 15 is 0 Å². The number of hydrogen-bond acceptors (Lipinski definition) is 3. The molecule has 1 amide bonds. The first-order valence-electron chi connectivity index (χ1n) is 10.8. The molecule has 5 nitrogen and oxygen atoms in total. The summed E-state index contributed by atoms with van der Waals surface area (Å²) in [5.41, 5.74) is 0.119. The molecule has 0 fully saturated rings. The number of carbonyl (C=O) groups excluding carboxylic acids is 1. The number of rotatable bonds is 5. The molecule has 0 radical (unpaired) electrons. The Bertz CT molecular complexity index is 1220. The summed E-state index contributed by atoms with van der Waals surface area (Å²) < 4.78 is 40.8. The molecular formula is C24H24F3N3O2. The van der Waals surface area contributed by atoms with Crippen molar-refractivity contribution >= 4 is 22.4 Å². The fraction of sp³-hybridized carbons (Fsp3) is 0.375. The minimum absolute atomic E-state index is 0.143. The van der Waals surface area contributed by atoms with Crippen molar-refractivity contribution in [1.82, 2.24) is 9.78 Å². The SMILES string of the molecule is CCCCCn1nc(C(=O)N2CCCc3cc(C(F)(F)F)ccc32)c2ccccc2c1=O. The highest BCUT2D eigenvalue weighted by Gasteiger charge is 2.33. The van der Waals surface area contributed by atoms with Crippen LogP contribution in [-0.2, 0) is 19.1 Å². The van der Waals surface area contributed by atoms with Crippen LogP contribution in [0.2, 0.25) is 0 Å². The van der Waals surface area contributed by atoms with E-state index in [1.807, 2.05) is 0 Å². The lowest BCUT2D eigenvalue weighted by Gasteiger charge is -2.30. The van der Waals surface area contributed by atoms with E-state index < -0.39 is 17.6 Å². The summed E-state index contributed by atoms with van der Waals surface area (Å²) in [4.78, 5) is 27.9. The van der Waals surface area contributed by atoms with Gasteiger partial charge in [-0.25, -0.2) is 4.68 Å². The van der Waals surface area contributed by atoms with E-state index in [2.05, 4.69) is 12.0 Å². The normalized spacial score (nSPS) is 13.9. The zero-order valence-corrected chi connectivity index (χ0v) is 17.8. The van der Waals surface area contributed by atoms with Crippen molar-refractivity contribution in [2.24, 2.45) is 0 Å². The smallest absolute Gasteiger partial charge is 0.307 e. The van der Waals surface area contributed by atoms with E-state index in [0.29, 0.717) is 48.0 Å². The third-order valence-corrected chi connectivity index (χ3v) is 5.81. The van der Waals surface area contributed by atoms with Crippen molar-refractivity contribution in [1.29, 1.82) is 0 Å². The van der Waals surface area contributed by atoms with Gasteiger partial charge in [-0.1, -0.05) is 38.0 Å². The Labute approximate surface area is 183 Å². The number of aryl methyl sites for hydroxylation is 2. The maximum atomic E-state index is 13.6. The van der Waals surface area contributed by atoms with Crippen LogP contribution in [0.4, 0.5) is 18.9 Å². The number of aromatic nitrogens is 2. The van der Waals surface area contributed by atoms with Gasteiger partial charge in [0, 0.05) is 24.2 Å². The number of nitrogens with zero attached hydrogens (tertiary/aromatic N) is 3. The van der Waals surface area contributed by atoms with Crippen LogP contribution in [0.1, 0.15) is 54.2 Å². The highest BCUT2D eigenvalue weighted by Crippen LogP contribution is 2.35. The van der Waals surface area contributed by atoms with Gasteiger partial charge < -0.3 is 4.90 Å². The number of amides is 1. The largest absolute Gasteiger partial charge is 0.416 e. The standard InChI is InChI=1S/C24H24F3N3O2/c1-2-3-6-14-30-22(31)19-10-5-4-9-18(19)21(28-30)23(32)29-13-7-8-16-15-17(24(25,26)27)11-12-20(16)29/h4-5,9-12,15H,2-3,6-8,13-14H2,1H3. The van der Waals surface area contributed by atoms with E-state index in [0.717, 1.165) is 31.4 Å². The summed E-state index contributed by atoms with van der Waals surface area (Å²) in [5, 5.41) is 5.27. The van der Waals surface area contributed by atoms with Crippen molar-refractivity contribution in [3.05, 3.63) is 69.6 Å². The first-order chi connectivity index (χ1) is 15.3. The number of benzene rings is 2. The Morgan fingerprint density at radius 2 is 1.84 bits per heavy atom. The molecule has 1 aromatic heterocycles. The van der Waals surface area contributed by atoms with E-state index in [1.54, 1.807) is 24.3 Å². The van der Waals surface area contributed by atoms with Crippen LogP contribution < -0.4 is 10.5 Å². The topological polar surface area (TPSA) is 55.2 Å². The number of anilines is 1. The van der Waals surface area contributed by atoms with Gasteiger partial charge in [0.2, 0.25) is 0 Å². The molecule has 0 saturated carbocycles. The molecular weight excluding hydrogens is 419 g/mol. The Morgan fingerprint density at radius 1 is 1.09 bits per heavy atom. The average molecular weight is 443 g/mol. The van der Waals surface area contributed by atoms with Gasteiger partial charge in [-0.15, -0.1) is 0 Å². The summed E-state index contributed by atoms with van der Waals surface area (Å²) in [6.45, 7) is 2.84. The van der Waals surface area contributed by atoms with Crippen LogP contribution in [0.15, 0.2) is 47.3 Å². The molecule has 0 spiro atoms. The molecule has 32 heavy (non-hydrogen) atoms. The minimum atomic E-state index is -4.44. The number of hydrogen-bond donors (Lipinski definition) is 0. The summed E-state index contributed by atoms with van der Waals surface area (Å²) in [5.74, 6) is -0.411. The van der Waals surface area contributed by atoms with E-state index in [9.17, 15) is 22.8 Å². The lowest BCUT2D eigenvalue weighted by molar-refractivity contribution is -0.137. The lowest BCUT2D eigenvalue weighted by Crippen LogP contribution is -2.38. The van der Waals surface area contributed by atoms with Crippen LogP contribution in [0, 0.1) is 0 Å². The second-order valence-electron chi connectivity index (χ2n) is 8.03. The molecule has 168 valence electrons. The Morgan fingerprint density at radius 3 is 2.56 bits per heavy atom. The summed E-state index contributed by atoms with van der Waals surface area (Å²) in [6.07, 6.45) is -0.735. The molecule has 0 saturated heterocycles.